The van der Waals surface area contributed by atoms with Gasteiger partial charge < -0.3 is 14.5 Å². The van der Waals surface area contributed by atoms with E-state index in [0.717, 1.165) is 111 Å². The van der Waals surface area contributed by atoms with Gasteiger partial charge >= 0.3 is 0 Å². The minimum Gasteiger partial charge on any atom is -0.487 e. The number of fused-ring (bicyclic) bond motifs is 1. The van der Waals surface area contributed by atoms with Crippen LogP contribution in [0, 0.1) is 17.2 Å². The highest BCUT2D eigenvalue weighted by atomic mass is 35.5. The van der Waals surface area contributed by atoms with Crippen LogP contribution >= 0.6 is 11.6 Å². The number of piperidine rings is 2. The van der Waals surface area contributed by atoms with Crippen LogP contribution in [0.5, 0.6) is 5.75 Å². The van der Waals surface area contributed by atoms with E-state index in [-0.39, 0.29) is 24.2 Å². The van der Waals surface area contributed by atoms with Gasteiger partial charge in [0.15, 0.2) is 0 Å². The van der Waals surface area contributed by atoms with Crippen molar-refractivity contribution < 1.29 is 23.9 Å². The number of likely N-dealkylation sites (tertiary alicyclic amines) is 1. The van der Waals surface area contributed by atoms with E-state index >= 15 is 0 Å². The summed E-state index contributed by atoms with van der Waals surface area (Å²) >= 11 is 6.30. The molecule has 0 radical (unpaired) electrons. The molecule has 9 rings (SSSR count). The summed E-state index contributed by atoms with van der Waals surface area (Å²) < 4.78 is 6.13. The molecule has 6 heterocycles. The van der Waals surface area contributed by atoms with E-state index in [2.05, 4.69) is 49.8 Å². The van der Waals surface area contributed by atoms with Gasteiger partial charge in [0, 0.05) is 74.9 Å². The molecule has 5 aliphatic rings. The number of benzene rings is 3. The molecule has 5 aliphatic heterocycles. The molecule has 62 heavy (non-hydrogen) atoms. The third-order valence-corrected chi connectivity index (χ3v) is 13.6. The average molecular weight is 856 g/mol. The van der Waals surface area contributed by atoms with Crippen molar-refractivity contribution in [2.45, 2.75) is 63.6 Å². The Balaban J connectivity index is 0.711. The van der Waals surface area contributed by atoms with Crippen molar-refractivity contribution >= 4 is 46.9 Å². The number of anilines is 2. The highest BCUT2D eigenvalue weighted by Gasteiger charge is 2.46. The normalized spacial score (nSPS) is 20.5. The van der Waals surface area contributed by atoms with Crippen molar-refractivity contribution in [1.82, 2.24) is 30.0 Å². The van der Waals surface area contributed by atoms with Gasteiger partial charge in [-0.2, -0.15) is 5.26 Å². The van der Waals surface area contributed by atoms with Crippen molar-refractivity contribution in [3.8, 4) is 11.8 Å². The first-order valence-corrected chi connectivity index (χ1v) is 21.9. The SMILES string of the molecule is CC(C)(c1ccc(OCc2ccnc(N3CC(N4CCC(CN5CCN(c6cccc7c6C(=O)N(C6CCC(=O)NC6=O)C7=O)CC5)CC4)C3)n2)cc1)c1cc(Cl)cc(C#N)c1. The molecule has 1 N–H and O–H groups in total. The monoisotopic (exact) mass is 855 g/mol. The molecule has 0 spiro atoms. The van der Waals surface area contributed by atoms with E-state index in [1.54, 1.807) is 24.4 Å². The lowest BCUT2D eigenvalue weighted by Crippen LogP contribution is -2.61. The van der Waals surface area contributed by atoms with E-state index in [1.807, 2.05) is 48.5 Å². The molecular weight excluding hydrogens is 806 g/mol. The molecular formula is C47H50ClN9O5. The van der Waals surface area contributed by atoms with Gasteiger partial charge in [0.2, 0.25) is 17.8 Å². The molecule has 14 nitrogen and oxygen atoms in total. The van der Waals surface area contributed by atoms with Crippen molar-refractivity contribution in [2.24, 2.45) is 5.92 Å². The van der Waals surface area contributed by atoms with E-state index in [0.29, 0.717) is 40.3 Å². The number of imide groups is 2. The van der Waals surface area contributed by atoms with Gasteiger partial charge in [-0.15, -0.1) is 0 Å². The first kappa shape index (κ1) is 41.5. The molecule has 0 aliphatic carbocycles. The molecule has 1 aromatic heterocycles. The predicted molar refractivity (Wildman–Crippen MR) is 233 cm³/mol. The van der Waals surface area contributed by atoms with Crippen LogP contribution in [0.25, 0.3) is 0 Å². The summed E-state index contributed by atoms with van der Waals surface area (Å²) in [6, 6.07) is 22.4. The van der Waals surface area contributed by atoms with Gasteiger partial charge in [0.1, 0.15) is 18.4 Å². The number of hydrogen-bond donors (Lipinski definition) is 1. The van der Waals surface area contributed by atoms with Crippen LogP contribution in [0.2, 0.25) is 5.02 Å². The fourth-order valence-corrected chi connectivity index (χ4v) is 9.81. The minimum absolute atomic E-state index is 0.0955. The summed E-state index contributed by atoms with van der Waals surface area (Å²) in [6.45, 7) is 12.8. The maximum Gasteiger partial charge on any atom is 0.264 e. The summed E-state index contributed by atoms with van der Waals surface area (Å²) in [4.78, 5) is 71.3. The standard InChI is InChI=1S/C47H50ClN9O5/c1-47(2,33-22-31(25-49)23-34(48)24-33)32-6-8-37(9-7-32)62-29-35-12-15-50-46(51-35)56-27-36(28-56)54-16-13-30(14-17-54)26-53-18-20-55(21-19-53)39-5-3-4-38-42(39)45(61)57(44(38)60)40-10-11-41(58)52-43(40)59/h3-9,12,15,22-24,30,36,40H,10-11,13-14,16-21,26-29H2,1-2H3,(H,52,58,59). The van der Waals surface area contributed by atoms with Gasteiger partial charge in [0.25, 0.3) is 11.8 Å². The van der Waals surface area contributed by atoms with E-state index in [4.69, 9.17) is 21.3 Å². The summed E-state index contributed by atoms with van der Waals surface area (Å²) in [6.07, 6.45) is 4.34. The topological polar surface area (TPSA) is 155 Å². The second-order valence-electron chi connectivity index (χ2n) is 17.6. The number of carbonyl (C=O) groups excluding carboxylic acids is 4. The third-order valence-electron chi connectivity index (χ3n) is 13.4. The van der Waals surface area contributed by atoms with Gasteiger partial charge in [-0.3, -0.25) is 39.2 Å². The van der Waals surface area contributed by atoms with Crippen molar-refractivity contribution in [2.75, 3.05) is 68.7 Å². The highest BCUT2D eigenvalue weighted by molar-refractivity contribution is 6.30. The van der Waals surface area contributed by atoms with Gasteiger partial charge in [-0.25, -0.2) is 9.97 Å². The van der Waals surface area contributed by atoms with Gasteiger partial charge in [-0.1, -0.05) is 43.6 Å². The van der Waals surface area contributed by atoms with E-state index in [9.17, 15) is 24.4 Å². The van der Waals surface area contributed by atoms with Crippen molar-refractivity contribution in [1.29, 1.82) is 5.26 Å². The van der Waals surface area contributed by atoms with Crippen LogP contribution in [-0.4, -0.2) is 119 Å². The third kappa shape index (κ3) is 8.24. The zero-order valence-corrected chi connectivity index (χ0v) is 35.8. The smallest absolute Gasteiger partial charge is 0.264 e. The second-order valence-corrected chi connectivity index (χ2v) is 18.0. The number of aromatic nitrogens is 2. The van der Waals surface area contributed by atoms with Crippen LogP contribution in [0.15, 0.2) is 72.9 Å². The molecule has 4 fully saturated rings. The number of amides is 4. The maximum atomic E-state index is 13.7. The number of carbonyl (C=O) groups is 4. The number of nitrogens with one attached hydrogen (secondary N) is 1. The quantitative estimate of drug-likeness (QED) is 0.201. The van der Waals surface area contributed by atoms with Crippen LogP contribution < -0.4 is 19.9 Å². The molecule has 1 atom stereocenters. The summed E-state index contributed by atoms with van der Waals surface area (Å²) in [7, 11) is 0. The maximum absolute atomic E-state index is 13.7. The molecule has 320 valence electrons. The summed E-state index contributed by atoms with van der Waals surface area (Å²) in [5.74, 6) is 0.185. The molecule has 1 unspecified atom stereocenters. The molecule has 15 heteroatoms. The number of halogens is 1. The van der Waals surface area contributed by atoms with E-state index < -0.39 is 23.8 Å². The molecule has 3 aromatic carbocycles. The lowest BCUT2D eigenvalue weighted by molar-refractivity contribution is -0.136. The van der Waals surface area contributed by atoms with Gasteiger partial charge in [0.05, 0.1) is 34.1 Å². The number of nitriles is 1. The Bertz CT molecular complexity index is 2430. The minimum atomic E-state index is -0.975. The Morgan fingerprint density at radius 1 is 0.871 bits per heavy atom. The number of rotatable bonds is 11. The zero-order chi connectivity index (χ0) is 43.1. The van der Waals surface area contributed by atoms with Crippen LogP contribution in [-0.2, 0) is 21.6 Å². The Hall–Kier alpha value is -5.88. The zero-order valence-electron chi connectivity index (χ0n) is 35.1. The lowest BCUT2D eigenvalue weighted by atomic mass is 9.78. The average Bonchev–Trinajstić information content (AvgIpc) is 3.51. The van der Waals surface area contributed by atoms with Crippen molar-refractivity contribution in [3.05, 3.63) is 111 Å². The Morgan fingerprint density at radius 2 is 1.63 bits per heavy atom. The highest BCUT2D eigenvalue weighted by Crippen LogP contribution is 2.37. The van der Waals surface area contributed by atoms with Crippen LogP contribution in [0.1, 0.15) is 82.6 Å². The first-order valence-electron chi connectivity index (χ1n) is 21.5. The number of ether oxygens (including phenoxy) is 1. The lowest BCUT2D eigenvalue weighted by Gasteiger charge is -2.48. The van der Waals surface area contributed by atoms with Crippen LogP contribution in [0.3, 0.4) is 0 Å². The molecule has 4 aromatic rings. The van der Waals surface area contributed by atoms with Gasteiger partial charge in [-0.05, 0) is 97.9 Å². The molecule has 0 bridgehead atoms. The molecule has 0 saturated carbocycles. The number of hydrogen-bond acceptors (Lipinski definition) is 12. The fraction of sp³-hybridized carbons (Fsp3) is 0.426. The van der Waals surface area contributed by atoms with Crippen molar-refractivity contribution in [3.63, 3.8) is 0 Å². The number of nitrogens with zero attached hydrogens (tertiary/aromatic N) is 8. The van der Waals surface area contributed by atoms with E-state index in [1.165, 1.54) is 0 Å². The second kappa shape index (κ2) is 17.1. The molecule has 4 saturated heterocycles. The Morgan fingerprint density at radius 3 is 2.35 bits per heavy atom. The molecule has 4 amide bonds. The summed E-state index contributed by atoms with van der Waals surface area (Å²) in [5, 5.41) is 12.2. The first-order chi connectivity index (χ1) is 29.9. The Kier molecular flexibility index (Phi) is 11.4. The fourth-order valence-electron chi connectivity index (χ4n) is 9.57. The summed E-state index contributed by atoms with van der Waals surface area (Å²) in [5.41, 5.74) is 4.48. The predicted octanol–water partition coefficient (Wildman–Crippen LogP) is 5.03. The van der Waals surface area contributed by atoms with Crippen LogP contribution in [0.4, 0.5) is 11.6 Å². The Labute approximate surface area is 366 Å². The number of piperazine rings is 1. The largest absolute Gasteiger partial charge is 0.487 e.